The Morgan fingerprint density at radius 2 is 2.17 bits per heavy atom. The molecular weight excluding hydrogens is 292 g/mol. The van der Waals surface area contributed by atoms with Crippen LogP contribution in [0.2, 0.25) is 0 Å². The van der Waals surface area contributed by atoms with Crippen LogP contribution in [-0.2, 0) is 9.53 Å². The van der Waals surface area contributed by atoms with Gasteiger partial charge in [-0.1, -0.05) is 31.2 Å². The lowest BCUT2D eigenvalue weighted by Crippen LogP contribution is -2.40. The van der Waals surface area contributed by atoms with Crippen molar-refractivity contribution < 1.29 is 9.53 Å². The number of nitrogens with zero attached hydrogens (tertiary/aromatic N) is 4. The second-order valence-electron chi connectivity index (χ2n) is 5.72. The number of hydrogen-bond donors (Lipinski definition) is 0. The van der Waals surface area contributed by atoms with Gasteiger partial charge in [0.15, 0.2) is 0 Å². The summed E-state index contributed by atoms with van der Waals surface area (Å²) in [7, 11) is 0. The van der Waals surface area contributed by atoms with Crippen LogP contribution in [-0.4, -0.2) is 29.3 Å². The van der Waals surface area contributed by atoms with Gasteiger partial charge in [0.1, 0.15) is 12.1 Å². The normalized spacial score (nSPS) is 23.3. The number of nitriles is 2. The molecule has 0 aliphatic carbocycles. The van der Waals surface area contributed by atoms with Crippen molar-refractivity contribution in [2.45, 2.75) is 31.3 Å². The van der Waals surface area contributed by atoms with Crippen LogP contribution in [0.5, 0.6) is 0 Å². The highest BCUT2D eigenvalue weighted by molar-refractivity contribution is 5.85. The van der Waals surface area contributed by atoms with Crippen molar-refractivity contribution in [2.24, 2.45) is 11.0 Å². The molecule has 2 atom stereocenters. The third-order valence-electron chi connectivity index (χ3n) is 4.31. The fraction of sp³-hybridized carbons (Fsp3) is 0.412. The van der Waals surface area contributed by atoms with E-state index in [9.17, 15) is 15.3 Å². The van der Waals surface area contributed by atoms with Crippen LogP contribution >= 0.6 is 0 Å². The van der Waals surface area contributed by atoms with Crippen molar-refractivity contribution in [3.05, 3.63) is 35.4 Å². The van der Waals surface area contributed by atoms with Gasteiger partial charge < -0.3 is 4.74 Å². The zero-order valence-electron chi connectivity index (χ0n) is 12.8. The fourth-order valence-corrected chi connectivity index (χ4v) is 3.21. The topological polar surface area (TPSA) is 89.5 Å². The molecule has 0 radical (unpaired) electrons. The lowest BCUT2D eigenvalue weighted by Gasteiger charge is -2.33. The van der Waals surface area contributed by atoms with Crippen molar-refractivity contribution in [1.82, 2.24) is 5.01 Å². The molecule has 2 aliphatic heterocycles. The lowest BCUT2D eigenvalue weighted by molar-refractivity contribution is -0.149. The molecule has 6 heteroatoms. The molecule has 23 heavy (non-hydrogen) atoms. The van der Waals surface area contributed by atoms with E-state index < -0.39 is 17.5 Å². The highest BCUT2D eigenvalue weighted by atomic mass is 16.5. The molecule has 0 N–H and O–H groups in total. The molecule has 1 aromatic rings. The maximum absolute atomic E-state index is 12.5. The predicted octanol–water partition coefficient (Wildman–Crippen LogP) is 2.14. The average molecular weight is 308 g/mol. The fourth-order valence-electron chi connectivity index (χ4n) is 3.21. The molecule has 2 heterocycles. The monoisotopic (exact) mass is 308 g/mol. The third kappa shape index (κ3) is 2.24. The van der Waals surface area contributed by atoms with Crippen LogP contribution in [0, 0.1) is 28.6 Å². The standard InChI is InChI=1S/C17H16N4O2/c1-2-7-23-16(22)14-8-17(10-18,11-19)21-15(14)13-6-4-3-5-12(13)9-20-21/h3-6,9,14-15H,2,7-8H2,1H3/t14-,15-/m0/s1. The summed E-state index contributed by atoms with van der Waals surface area (Å²) in [4.78, 5) is 12.5. The van der Waals surface area contributed by atoms with Crippen molar-refractivity contribution in [1.29, 1.82) is 10.5 Å². The van der Waals surface area contributed by atoms with Gasteiger partial charge in [-0.25, -0.2) is 0 Å². The smallest absolute Gasteiger partial charge is 0.311 e. The number of esters is 1. The van der Waals surface area contributed by atoms with Gasteiger partial charge in [-0.2, -0.15) is 15.6 Å². The first-order valence-corrected chi connectivity index (χ1v) is 7.58. The van der Waals surface area contributed by atoms with Crippen LogP contribution in [0.3, 0.4) is 0 Å². The molecule has 0 amide bonds. The molecule has 1 aromatic carbocycles. The SMILES string of the molecule is CCCOC(=O)[C@H]1CC(C#N)(C#N)N2N=Cc3ccccc3[C@@H]12. The van der Waals surface area contributed by atoms with Gasteiger partial charge in [0.25, 0.3) is 0 Å². The van der Waals surface area contributed by atoms with Gasteiger partial charge in [0.2, 0.25) is 5.54 Å². The minimum Gasteiger partial charge on any atom is -0.465 e. The maximum Gasteiger partial charge on any atom is 0.311 e. The highest BCUT2D eigenvalue weighted by Gasteiger charge is 2.57. The Bertz CT molecular complexity index is 730. The van der Waals surface area contributed by atoms with Crippen LogP contribution in [0.15, 0.2) is 29.4 Å². The van der Waals surface area contributed by atoms with Crippen molar-refractivity contribution in [2.75, 3.05) is 6.61 Å². The molecule has 1 fully saturated rings. The van der Waals surface area contributed by atoms with E-state index in [1.165, 1.54) is 5.01 Å². The molecule has 0 saturated carbocycles. The Morgan fingerprint density at radius 3 is 2.87 bits per heavy atom. The van der Waals surface area contributed by atoms with E-state index in [4.69, 9.17) is 4.74 Å². The molecule has 116 valence electrons. The van der Waals surface area contributed by atoms with E-state index in [-0.39, 0.29) is 12.4 Å². The van der Waals surface area contributed by atoms with Crippen molar-refractivity contribution >= 4 is 12.2 Å². The molecule has 0 spiro atoms. The molecular formula is C17H16N4O2. The average Bonchev–Trinajstić information content (AvgIpc) is 2.95. The van der Waals surface area contributed by atoms with Crippen LogP contribution in [0.25, 0.3) is 0 Å². The summed E-state index contributed by atoms with van der Waals surface area (Å²) in [6.07, 6.45) is 2.46. The molecule has 1 saturated heterocycles. The summed E-state index contributed by atoms with van der Waals surface area (Å²) in [5.74, 6) is -0.958. The Kier molecular flexibility index (Phi) is 3.75. The maximum atomic E-state index is 12.5. The molecule has 0 unspecified atom stereocenters. The van der Waals surface area contributed by atoms with Crippen LogP contribution in [0.1, 0.15) is 36.9 Å². The number of ether oxygens (including phenoxy) is 1. The van der Waals surface area contributed by atoms with E-state index in [0.29, 0.717) is 6.61 Å². The van der Waals surface area contributed by atoms with E-state index in [1.54, 1.807) is 6.21 Å². The number of carbonyl (C=O) groups excluding carboxylic acids is 1. The van der Waals surface area contributed by atoms with Gasteiger partial charge >= 0.3 is 5.97 Å². The first kappa shape index (κ1) is 15.1. The Hall–Kier alpha value is -2.86. The molecule has 3 rings (SSSR count). The first-order chi connectivity index (χ1) is 11.2. The summed E-state index contributed by atoms with van der Waals surface area (Å²) >= 11 is 0. The third-order valence-corrected chi connectivity index (χ3v) is 4.31. The summed E-state index contributed by atoms with van der Waals surface area (Å²) < 4.78 is 5.29. The van der Waals surface area contributed by atoms with Gasteiger partial charge in [0, 0.05) is 6.42 Å². The van der Waals surface area contributed by atoms with E-state index in [0.717, 1.165) is 17.5 Å². The lowest BCUT2D eigenvalue weighted by atomic mass is 9.88. The second-order valence-corrected chi connectivity index (χ2v) is 5.72. The molecule has 6 nitrogen and oxygen atoms in total. The number of benzene rings is 1. The Labute approximate surface area is 134 Å². The molecule has 0 bridgehead atoms. The van der Waals surface area contributed by atoms with Crippen LogP contribution in [0.4, 0.5) is 0 Å². The first-order valence-electron chi connectivity index (χ1n) is 7.58. The number of hydrazone groups is 1. The summed E-state index contributed by atoms with van der Waals surface area (Å²) in [5, 5.41) is 24.8. The summed E-state index contributed by atoms with van der Waals surface area (Å²) in [6.45, 7) is 2.25. The van der Waals surface area contributed by atoms with E-state index >= 15 is 0 Å². The number of rotatable bonds is 3. The zero-order chi connectivity index (χ0) is 16.4. The number of hydrogen-bond acceptors (Lipinski definition) is 6. The Balaban J connectivity index is 2.06. The molecule has 0 aromatic heterocycles. The van der Waals surface area contributed by atoms with Crippen molar-refractivity contribution in [3.8, 4) is 12.1 Å². The summed E-state index contributed by atoms with van der Waals surface area (Å²) in [6, 6.07) is 11.2. The number of carbonyl (C=O) groups is 1. The van der Waals surface area contributed by atoms with Gasteiger partial charge in [-0.05, 0) is 17.5 Å². The van der Waals surface area contributed by atoms with Gasteiger partial charge in [0.05, 0.1) is 24.8 Å². The number of fused-ring (bicyclic) bond motifs is 3. The van der Waals surface area contributed by atoms with E-state index in [2.05, 4.69) is 5.10 Å². The molecule has 2 aliphatic rings. The summed E-state index contributed by atoms with van der Waals surface area (Å²) in [5.41, 5.74) is 0.354. The van der Waals surface area contributed by atoms with Gasteiger partial charge in [-0.15, -0.1) is 0 Å². The minimum absolute atomic E-state index is 0.0961. The van der Waals surface area contributed by atoms with Crippen LogP contribution < -0.4 is 0 Å². The van der Waals surface area contributed by atoms with E-state index in [1.807, 2.05) is 43.3 Å². The van der Waals surface area contributed by atoms with Crippen molar-refractivity contribution in [3.63, 3.8) is 0 Å². The predicted molar refractivity (Wildman–Crippen MR) is 81.9 cm³/mol. The second kappa shape index (κ2) is 5.73. The Morgan fingerprint density at radius 1 is 1.43 bits per heavy atom. The largest absolute Gasteiger partial charge is 0.465 e. The quantitative estimate of drug-likeness (QED) is 0.798. The van der Waals surface area contributed by atoms with Gasteiger partial charge in [-0.3, -0.25) is 9.80 Å². The minimum atomic E-state index is -1.44. The highest BCUT2D eigenvalue weighted by Crippen LogP contribution is 2.49. The zero-order valence-corrected chi connectivity index (χ0v) is 12.8.